The van der Waals surface area contributed by atoms with Gasteiger partial charge in [-0.3, -0.25) is 4.98 Å². The van der Waals surface area contributed by atoms with Gasteiger partial charge in [-0.25, -0.2) is 15.0 Å². The van der Waals surface area contributed by atoms with Gasteiger partial charge in [0, 0.05) is 48.4 Å². The van der Waals surface area contributed by atoms with E-state index in [1.54, 1.807) is 11.3 Å². The molecule has 10 rings (SSSR count). The van der Waals surface area contributed by atoms with E-state index < -0.39 is 0 Å². The highest BCUT2D eigenvalue weighted by Gasteiger charge is 2.19. The van der Waals surface area contributed by atoms with Gasteiger partial charge in [0.15, 0.2) is 17.5 Å². The summed E-state index contributed by atoms with van der Waals surface area (Å²) >= 11 is 1.81. The Kier molecular flexibility index (Phi) is 6.96. The van der Waals surface area contributed by atoms with Crippen LogP contribution in [0.25, 0.3) is 98.3 Å². The summed E-state index contributed by atoms with van der Waals surface area (Å²) in [5.74, 6) is 1.82. The Morgan fingerprint density at radius 1 is 0.353 bits per heavy atom. The van der Waals surface area contributed by atoms with Crippen LogP contribution in [-0.2, 0) is 0 Å². The predicted octanol–water partition coefficient (Wildman–Crippen LogP) is 12.3. The molecular formula is C46H28N4S. The molecule has 0 atom stereocenters. The normalized spacial score (nSPS) is 11.5. The molecule has 0 spiro atoms. The maximum Gasteiger partial charge on any atom is 0.166 e. The van der Waals surface area contributed by atoms with Crippen molar-refractivity contribution in [3.05, 3.63) is 170 Å². The Bertz CT molecular complexity index is 2920. The Morgan fingerprint density at radius 2 is 0.980 bits per heavy atom. The van der Waals surface area contributed by atoms with Gasteiger partial charge in [-0.2, -0.15) is 0 Å². The second kappa shape index (κ2) is 12.1. The summed E-state index contributed by atoms with van der Waals surface area (Å²) in [6.45, 7) is 0. The van der Waals surface area contributed by atoms with Crippen LogP contribution in [0.1, 0.15) is 0 Å². The molecule has 0 saturated carbocycles. The summed E-state index contributed by atoms with van der Waals surface area (Å²) < 4.78 is 2.51. The molecule has 0 radical (unpaired) electrons. The molecule has 7 aromatic carbocycles. The molecule has 3 aromatic heterocycles. The van der Waals surface area contributed by atoms with Gasteiger partial charge < -0.3 is 0 Å². The number of thiophene rings is 1. The zero-order chi connectivity index (χ0) is 33.7. The zero-order valence-electron chi connectivity index (χ0n) is 27.4. The first-order valence-corrected chi connectivity index (χ1v) is 17.8. The number of benzene rings is 7. The summed E-state index contributed by atoms with van der Waals surface area (Å²) in [5.41, 5.74) is 8.12. The molecule has 10 aromatic rings. The number of aromatic nitrogens is 4. The molecule has 5 heteroatoms. The molecule has 0 saturated heterocycles. The topological polar surface area (TPSA) is 51.6 Å². The quantitative estimate of drug-likeness (QED) is 0.183. The van der Waals surface area contributed by atoms with Crippen LogP contribution in [0.4, 0.5) is 0 Å². The van der Waals surface area contributed by atoms with Gasteiger partial charge in [-0.15, -0.1) is 11.3 Å². The monoisotopic (exact) mass is 668 g/mol. The molecule has 0 aliphatic heterocycles. The maximum atomic E-state index is 5.24. The zero-order valence-corrected chi connectivity index (χ0v) is 28.2. The van der Waals surface area contributed by atoms with E-state index in [4.69, 9.17) is 19.9 Å². The molecule has 0 N–H and O–H groups in total. The molecule has 0 fully saturated rings. The van der Waals surface area contributed by atoms with Gasteiger partial charge in [0.05, 0.1) is 5.52 Å². The minimum absolute atomic E-state index is 0.586. The van der Waals surface area contributed by atoms with Crippen molar-refractivity contribution in [2.24, 2.45) is 0 Å². The molecule has 0 bridgehead atoms. The van der Waals surface area contributed by atoms with Crippen molar-refractivity contribution in [2.75, 3.05) is 0 Å². The van der Waals surface area contributed by atoms with Crippen molar-refractivity contribution in [1.82, 2.24) is 19.9 Å². The van der Waals surface area contributed by atoms with E-state index in [1.807, 2.05) is 18.3 Å². The Labute approximate surface area is 298 Å². The fourth-order valence-electron chi connectivity index (χ4n) is 7.14. The molecule has 0 aliphatic carbocycles. The predicted molar refractivity (Wildman–Crippen MR) is 213 cm³/mol. The summed E-state index contributed by atoms with van der Waals surface area (Å²) in [7, 11) is 0. The minimum atomic E-state index is 0.586. The number of nitrogens with zero attached hydrogens (tertiary/aromatic N) is 4. The average Bonchev–Trinajstić information content (AvgIpc) is 3.58. The second-order valence-corrected chi connectivity index (χ2v) is 13.7. The van der Waals surface area contributed by atoms with E-state index in [9.17, 15) is 0 Å². The van der Waals surface area contributed by atoms with Crippen molar-refractivity contribution in [1.29, 1.82) is 0 Å². The van der Waals surface area contributed by atoms with Gasteiger partial charge in [-0.05, 0) is 81.6 Å². The number of rotatable bonds is 5. The van der Waals surface area contributed by atoms with E-state index in [1.165, 1.54) is 25.6 Å². The van der Waals surface area contributed by atoms with E-state index >= 15 is 0 Å². The van der Waals surface area contributed by atoms with Crippen molar-refractivity contribution in [3.63, 3.8) is 0 Å². The van der Waals surface area contributed by atoms with Crippen LogP contribution in [0.15, 0.2) is 170 Å². The van der Waals surface area contributed by atoms with Crippen LogP contribution in [-0.4, -0.2) is 19.9 Å². The fourth-order valence-corrected chi connectivity index (χ4v) is 8.22. The van der Waals surface area contributed by atoms with Gasteiger partial charge in [-0.1, -0.05) is 115 Å². The van der Waals surface area contributed by atoms with Crippen LogP contribution in [0, 0.1) is 0 Å². The summed E-state index contributed by atoms with van der Waals surface area (Å²) in [4.78, 5) is 20.6. The van der Waals surface area contributed by atoms with Crippen molar-refractivity contribution >= 4 is 53.2 Å². The van der Waals surface area contributed by atoms with E-state index in [2.05, 4.69) is 152 Å². The lowest BCUT2D eigenvalue weighted by Crippen LogP contribution is -2.01. The van der Waals surface area contributed by atoms with Crippen LogP contribution in [0.2, 0.25) is 0 Å². The first-order chi connectivity index (χ1) is 25.3. The van der Waals surface area contributed by atoms with Gasteiger partial charge >= 0.3 is 0 Å². The second-order valence-electron chi connectivity index (χ2n) is 12.7. The van der Waals surface area contributed by atoms with Crippen LogP contribution < -0.4 is 0 Å². The highest BCUT2D eigenvalue weighted by molar-refractivity contribution is 7.25. The molecule has 0 unspecified atom stereocenters. The molecule has 0 amide bonds. The van der Waals surface area contributed by atoms with Crippen molar-refractivity contribution < 1.29 is 0 Å². The molecule has 4 nitrogen and oxygen atoms in total. The lowest BCUT2D eigenvalue weighted by Gasteiger charge is -2.14. The van der Waals surface area contributed by atoms with Gasteiger partial charge in [0.1, 0.15) is 0 Å². The molecule has 238 valence electrons. The van der Waals surface area contributed by atoms with E-state index in [-0.39, 0.29) is 0 Å². The number of pyridine rings is 1. The summed E-state index contributed by atoms with van der Waals surface area (Å²) in [6, 6.07) is 57.4. The third-order valence-electron chi connectivity index (χ3n) is 9.57. The summed E-state index contributed by atoms with van der Waals surface area (Å²) in [5, 5.41) is 5.80. The minimum Gasteiger partial charge on any atom is -0.255 e. The van der Waals surface area contributed by atoms with Gasteiger partial charge in [0.2, 0.25) is 0 Å². The third-order valence-corrected chi connectivity index (χ3v) is 10.7. The van der Waals surface area contributed by atoms with Crippen molar-refractivity contribution in [2.45, 2.75) is 0 Å². The van der Waals surface area contributed by atoms with Crippen LogP contribution in [0.5, 0.6) is 0 Å². The average molecular weight is 669 g/mol. The third kappa shape index (κ3) is 5.14. The first-order valence-electron chi connectivity index (χ1n) is 17.0. The first kappa shape index (κ1) is 29.4. The Hall–Kier alpha value is -6.56. The smallest absolute Gasteiger partial charge is 0.166 e. The van der Waals surface area contributed by atoms with Crippen LogP contribution >= 0.6 is 11.3 Å². The van der Waals surface area contributed by atoms with E-state index in [0.29, 0.717) is 17.5 Å². The Morgan fingerprint density at radius 3 is 1.80 bits per heavy atom. The highest BCUT2D eigenvalue weighted by Crippen LogP contribution is 2.39. The van der Waals surface area contributed by atoms with Crippen molar-refractivity contribution in [3.8, 4) is 56.4 Å². The maximum absolute atomic E-state index is 5.24. The van der Waals surface area contributed by atoms with Gasteiger partial charge in [0.25, 0.3) is 0 Å². The Balaban J connectivity index is 1.23. The SMILES string of the molecule is c1ccc(-c2cc(-c3nc(-c4ccc5sc6ccccc6c5c4)nc(-c4ccc(-c5ccccc5)c5cccnc45)n3)cc3ccccc23)cc1. The van der Waals surface area contributed by atoms with E-state index in [0.717, 1.165) is 55.2 Å². The highest BCUT2D eigenvalue weighted by atomic mass is 32.1. The summed E-state index contributed by atoms with van der Waals surface area (Å²) in [6.07, 6.45) is 1.84. The number of hydrogen-bond acceptors (Lipinski definition) is 5. The molecule has 3 heterocycles. The molecular weight excluding hydrogens is 641 g/mol. The standard InChI is InChI=1S/C46H28N4S/c1-3-12-29(13-4-1)35-22-23-38(43-37(35)19-11-25-47-43)46-49-44(32-21-24-42-40(27-32)36-18-9-10-20-41(36)51-42)48-45(50-46)33-26-31-16-7-8-17-34(31)39(28-33)30-14-5-2-6-15-30/h1-28H. The van der Waals surface area contributed by atoms with Crippen LogP contribution in [0.3, 0.4) is 0 Å². The number of fused-ring (bicyclic) bond motifs is 5. The largest absolute Gasteiger partial charge is 0.255 e. The molecule has 0 aliphatic rings. The fraction of sp³-hybridized carbons (Fsp3) is 0. The number of hydrogen-bond donors (Lipinski definition) is 0. The lowest BCUT2D eigenvalue weighted by molar-refractivity contribution is 1.08. The molecule has 51 heavy (non-hydrogen) atoms. The lowest BCUT2D eigenvalue weighted by atomic mass is 9.95.